The predicted molar refractivity (Wildman–Crippen MR) is 66.8 cm³/mol. The van der Waals surface area contributed by atoms with E-state index in [9.17, 15) is 0 Å². The Kier molecular flexibility index (Phi) is 3.62. The van der Waals surface area contributed by atoms with Crippen molar-refractivity contribution in [3.05, 3.63) is 16.1 Å². The zero-order chi connectivity index (χ0) is 11.6. The smallest absolute Gasteiger partial charge is 0.0953 e. The van der Waals surface area contributed by atoms with E-state index in [-0.39, 0.29) is 0 Å². The van der Waals surface area contributed by atoms with Gasteiger partial charge in [-0.3, -0.25) is 0 Å². The Bertz CT molecular complexity index is 345. The first-order chi connectivity index (χ1) is 7.59. The number of hydrogen-bond donors (Lipinski definition) is 1. The minimum atomic E-state index is 0.353. The number of ether oxygens (including phenoxy) is 1. The second kappa shape index (κ2) is 4.82. The molecule has 0 saturated carbocycles. The summed E-state index contributed by atoms with van der Waals surface area (Å²) < 4.78 is 5.23. The van der Waals surface area contributed by atoms with Gasteiger partial charge >= 0.3 is 0 Å². The van der Waals surface area contributed by atoms with E-state index in [0.29, 0.717) is 11.3 Å². The molecule has 0 unspecified atom stereocenters. The molecule has 2 rings (SSSR count). The largest absolute Gasteiger partial charge is 0.380 e. The highest BCUT2D eigenvalue weighted by molar-refractivity contribution is 7.11. The first-order valence-electron chi connectivity index (χ1n) is 5.82. The van der Waals surface area contributed by atoms with Crippen molar-refractivity contribution in [3.8, 4) is 0 Å². The standard InChI is InChI=1S/C12H20N2OS/c1-9(2)11-14-5-10(16-11)4-13-6-12(3)7-15-8-12/h5,9,13H,4,6-8H2,1-3H3. The van der Waals surface area contributed by atoms with Gasteiger partial charge < -0.3 is 10.1 Å². The molecule has 1 fully saturated rings. The predicted octanol–water partition coefficient (Wildman–Crippen LogP) is 2.39. The molecule has 0 aliphatic carbocycles. The van der Waals surface area contributed by atoms with Crippen molar-refractivity contribution < 1.29 is 4.74 Å². The number of aromatic nitrogens is 1. The summed E-state index contributed by atoms with van der Waals surface area (Å²) in [7, 11) is 0. The van der Waals surface area contributed by atoms with Crippen LogP contribution in [0.4, 0.5) is 0 Å². The quantitative estimate of drug-likeness (QED) is 0.858. The highest BCUT2D eigenvalue weighted by atomic mass is 32.1. The molecule has 1 aromatic heterocycles. The van der Waals surface area contributed by atoms with E-state index in [4.69, 9.17) is 4.74 Å². The topological polar surface area (TPSA) is 34.2 Å². The van der Waals surface area contributed by atoms with E-state index in [1.54, 1.807) is 0 Å². The minimum Gasteiger partial charge on any atom is -0.380 e. The molecule has 1 aromatic rings. The van der Waals surface area contributed by atoms with Gasteiger partial charge in [-0.05, 0) is 0 Å². The number of nitrogens with one attached hydrogen (secondary N) is 1. The van der Waals surface area contributed by atoms with Gasteiger partial charge in [0, 0.05) is 35.5 Å². The lowest BCUT2D eigenvalue weighted by Crippen LogP contribution is -2.47. The molecule has 1 N–H and O–H groups in total. The zero-order valence-corrected chi connectivity index (χ0v) is 11.1. The van der Waals surface area contributed by atoms with Crippen LogP contribution in [0.2, 0.25) is 0 Å². The van der Waals surface area contributed by atoms with Gasteiger partial charge in [-0.2, -0.15) is 0 Å². The van der Waals surface area contributed by atoms with Crippen LogP contribution in [-0.4, -0.2) is 24.7 Å². The van der Waals surface area contributed by atoms with Crippen molar-refractivity contribution in [1.82, 2.24) is 10.3 Å². The number of thiazole rings is 1. The molecule has 16 heavy (non-hydrogen) atoms. The minimum absolute atomic E-state index is 0.353. The van der Waals surface area contributed by atoms with Crippen LogP contribution in [0.1, 0.15) is 36.6 Å². The van der Waals surface area contributed by atoms with Crippen LogP contribution in [0.5, 0.6) is 0 Å². The fraction of sp³-hybridized carbons (Fsp3) is 0.750. The molecule has 0 atom stereocenters. The lowest BCUT2D eigenvalue weighted by molar-refractivity contribution is -0.0991. The van der Waals surface area contributed by atoms with Crippen molar-refractivity contribution in [3.63, 3.8) is 0 Å². The summed E-state index contributed by atoms with van der Waals surface area (Å²) in [5.41, 5.74) is 0.353. The number of hydrogen-bond acceptors (Lipinski definition) is 4. The third kappa shape index (κ3) is 2.81. The van der Waals surface area contributed by atoms with Crippen LogP contribution in [-0.2, 0) is 11.3 Å². The maximum absolute atomic E-state index is 5.23. The maximum atomic E-state index is 5.23. The maximum Gasteiger partial charge on any atom is 0.0953 e. The highest BCUT2D eigenvalue weighted by Crippen LogP contribution is 2.25. The highest BCUT2D eigenvalue weighted by Gasteiger charge is 2.32. The van der Waals surface area contributed by atoms with Crippen molar-refractivity contribution in [2.24, 2.45) is 5.41 Å². The molecule has 3 nitrogen and oxygen atoms in total. The van der Waals surface area contributed by atoms with Gasteiger partial charge in [0.25, 0.3) is 0 Å². The van der Waals surface area contributed by atoms with E-state index in [0.717, 1.165) is 26.3 Å². The van der Waals surface area contributed by atoms with Gasteiger partial charge in [-0.1, -0.05) is 20.8 Å². The molecule has 0 amide bonds. The first-order valence-corrected chi connectivity index (χ1v) is 6.64. The van der Waals surface area contributed by atoms with E-state index in [1.807, 2.05) is 17.5 Å². The Labute approximate surface area is 101 Å². The van der Waals surface area contributed by atoms with Crippen molar-refractivity contribution in [2.45, 2.75) is 33.2 Å². The molecule has 0 bridgehead atoms. The second-order valence-electron chi connectivity index (χ2n) is 5.23. The Morgan fingerprint density at radius 1 is 1.56 bits per heavy atom. The number of nitrogens with zero attached hydrogens (tertiary/aromatic N) is 1. The Morgan fingerprint density at radius 2 is 2.31 bits per heavy atom. The summed E-state index contributed by atoms with van der Waals surface area (Å²) in [5, 5.41) is 4.72. The summed E-state index contributed by atoms with van der Waals surface area (Å²) in [6, 6.07) is 0. The molecule has 1 aliphatic rings. The van der Waals surface area contributed by atoms with E-state index >= 15 is 0 Å². The van der Waals surface area contributed by atoms with Gasteiger partial charge in [0.05, 0.1) is 18.2 Å². The molecule has 1 aliphatic heterocycles. The summed E-state index contributed by atoms with van der Waals surface area (Å²) in [4.78, 5) is 5.75. The Morgan fingerprint density at radius 3 is 2.81 bits per heavy atom. The molecule has 90 valence electrons. The van der Waals surface area contributed by atoms with Crippen LogP contribution in [0.15, 0.2) is 6.20 Å². The van der Waals surface area contributed by atoms with Crippen molar-refractivity contribution >= 4 is 11.3 Å². The van der Waals surface area contributed by atoms with Crippen molar-refractivity contribution in [1.29, 1.82) is 0 Å². The molecule has 1 saturated heterocycles. The van der Waals surface area contributed by atoms with Gasteiger partial charge in [0.15, 0.2) is 0 Å². The van der Waals surface area contributed by atoms with E-state index in [1.165, 1.54) is 9.88 Å². The van der Waals surface area contributed by atoms with Crippen LogP contribution in [0.25, 0.3) is 0 Å². The van der Waals surface area contributed by atoms with Crippen LogP contribution < -0.4 is 5.32 Å². The van der Waals surface area contributed by atoms with Gasteiger partial charge in [-0.15, -0.1) is 11.3 Å². The average molecular weight is 240 g/mol. The summed E-state index contributed by atoms with van der Waals surface area (Å²) in [6.07, 6.45) is 1.99. The molecular weight excluding hydrogens is 220 g/mol. The van der Waals surface area contributed by atoms with Crippen molar-refractivity contribution in [2.75, 3.05) is 19.8 Å². The third-order valence-corrected chi connectivity index (χ3v) is 4.12. The van der Waals surface area contributed by atoms with Crippen LogP contribution >= 0.6 is 11.3 Å². The van der Waals surface area contributed by atoms with Gasteiger partial charge in [-0.25, -0.2) is 4.98 Å². The van der Waals surface area contributed by atoms with Crippen LogP contribution in [0.3, 0.4) is 0 Å². The first kappa shape index (κ1) is 12.0. The SMILES string of the molecule is CC(C)c1ncc(CNCC2(C)COC2)s1. The summed E-state index contributed by atoms with van der Waals surface area (Å²) in [6.45, 7) is 10.4. The fourth-order valence-corrected chi connectivity index (χ4v) is 2.60. The van der Waals surface area contributed by atoms with Crippen LogP contribution in [0, 0.1) is 5.41 Å². The molecule has 0 spiro atoms. The molecule has 2 heterocycles. The fourth-order valence-electron chi connectivity index (χ4n) is 1.71. The van der Waals surface area contributed by atoms with Gasteiger partial charge in [0.2, 0.25) is 0 Å². The lowest BCUT2D eigenvalue weighted by Gasteiger charge is -2.38. The summed E-state index contributed by atoms with van der Waals surface area (Å²) in [5.74, 6) is 0.538. The van der Waals surface area contributed by atoms with Gasteiger partial charge in [0.1, 0.15) is 0 Å². The lowest BCUT2D eigenvalue weighted by atomic mass is 9.89. The molecular formula is C12H20N2OS. The Balaban J connectivity index is 1.76. The number of rotatable bonds is 5. The average Bonchev–Trinajstić information content (AvgIpc) is 2.64. The normalized spacial score (nSPS) is 18.8. The van der Waals surface area contributed by atoms with E-state index < -0.39 is 0 Å². The van der Waals surface area contributed by atoms with E-state index in [2.05, 4.69) is 31.1 Å². The molecule has 0 radical (unpaired) electrons. The third-order valence-electron chi connectivity index (χ3n) is 2.82. The molecule has 0 aromatic carbocycles. The molecule has 4 heteroatoms. The Hall–Kier alpha value is -0.450. The zero-order valence-electron chi connectivity index (χ0n) is 10.2. The monoisotopic (exact) mass is 240 g/mol. The second-order valence-corrected chi connectivity index (χ2v) is 6.37. The summed E-state index contributed by atoms with van der Waals surface area (Å²) >= 11 is 1.81.